The van der Waals surface area contributed by atoms with Crippen molar-refractivity contribution in [1.29, 1.82) is 0 Å². The highest BCUT2D eigenvalue weighted by molar-refractivity contribution is 5.78. The van der Waals surface area contributed by atoms with E-state index in [1.165, 1.54) is 27.7 Å². The molecule has 0 rings (SSSR count). The normalized spacial score (nSPS) is 13.3. The summed E-state index contributed by atoms with van der Waals surface area (Å²) in [7, 11) is 0. The lowest BCUT2D eigenvalue weighted by Crippen LogP contribution is -2.03. The molecule has 156 valence electrons. The molecule has 10 heteroatoms. The molecule has 0 spiro atoms. The Morgan fingerprint density at radius 1 is 0.720 bits per heavy atom. The summed E-state index contributed by atoms with van der Waals surface area (Å²) in [4.78, 5) is 9.25. The molecule has 0 aromatic rings. The summed E-state index contributed by atoms with van der Waals surface area (Å²) < 4.78 is 0. The first-order chi connectivity index (χ1) is 11.4. The smallest absolute Gasteiger partial charge is 0.327 e. The number of aliphatic carboxylic acids is 1. The van der Waals surface area contributed by atoms with Gasteiger partial charge in [-0.2, -0.15) is 0 Å². The molecule has 0 bridgehead atoms. The summed E-state index contributed by atoms with van der Waals surface area (Å²) in [5.74, 6) is -0.981. The van der Waals surface area contributed by atoms with E-state index in [9.17, 15) is 4.79 Å². The fourth-order valence-electron chi connectivity index (χ4n) is 0. The summed E-state index contributed by atoms with van der Waals surface area (Å²) in [6.07, 6.45) is -1.41. The van der Waals surface area contributed by atoms with Gasteiger partial charge in [0.15, 0.2) is 0 Å². The van der Waals surface area contributed by atoms with Crippen LogP contribution in [0.5, 0.6) is 0 Å². The van der Waals surface area contributed by atoms with Crippen LogP contribution < -0.4 is 0 Å². The van der Waals surface area contributed by atoms with Gasteiger partial charge in [0.05, 0.1) is 50.8 Å². The first kappa shape index (κ1) is 35.1. The van der Waals surface area contributed by atoms with Crippen molar-refractivity contribution in [3.8, 4) is 0 Å². The molecule has 0 aromatic carbocycles. The van der Waals surface area contributed by atoms with E-state index in [4.69, 9.17) is 46.0 Å². The first-order valence-corrected chi connectivity index (χ1v) is 7.36. The average molecular weight is 376 g/mol. The largest absolute Gasteiger partial charge is 0.478 e. The molecule has 0 heterocycles. The molecule has 4 atom stereocenters. The predicted molar refractivity (Wildman–Crippen MR) is 92.9 cm³/mol. The topological polar surface area (TPSA) is 199 Å². The second-order valence-corrected chi connectivity index (χ2v) is 4.67. The Balaban J connectivity index is -0.0000000667. The SMILES string of the molecule is C=CC(=O)O.CC(O)CO.CC(O)CO.CC(O)CO.CC(O)CO. The molecular formula is C15H36O10. The van der Waals surface area contributed by atoms with Crippen molar-refractivity contribution < 1.29 is 50.8 Å². The minimum Gasteiger partial charge on any atom is -0.478 e. The van der Waals surface area contributed by atoms with Crippen molar-refractivity contribution in [2.75, 3.05) is 26.4 Å². The summed E-state index contributed by atoms with van der Waals surface area (Å²) in [5.41, 5.74) is 0. The standard InChI is InChI=1S/4C3H8O2.C3H4O2/c4*1-3(5)2-4;1-2-3(4)5/h4*3-5H,2H2,1H3;2H,1H2,(H,4,5). The Morgan fingerprint density at radius 3 is 0.800 bits per heavy atom. The minimum absolute atomic E-state index is 0.139. The maximum absolute atomic E-state index is 9.25. The zero-order valence-electron chi connectivity index (χ0n) is 15.4. The van der Waals surface area contributed by atoms with Gasteiger partial charge in [0.2, 0.25) is 0 Å². The lowest BCUT2D eigenvalue weighted by Gasteiger charge is -1.90. The van der Waals surface area contributed by atoms with E-state index in [2.05, 4.69) is 6.58 Å². The van der Waals surface area contributed by atoms with Gasteiger partial charge < -0.3 is 46.0 Å². The van der Waals surface area contributed by atoms with Crippen molar-refractivity contribution in [3.63, 3.8) is 0 Å². The molecule has 0 aliphatic heterocycles. The predicted octanol–water partition coefficient (Wildman–Crippen LogP) is -2.30. The molecule has 0 aliphatic rings. The molecule has 0 saturated heterocycles. The van der Waals surface area contributed by atoms with Crippen LogP contribution in [0.4, 0.5) is 0 Å². The lowest BCUT2D eigenvalue weighted by molar-refractivity contribution is -0.131. The van der Waals surface area contributed by atoms with Gasteiger partial charge in [-0.3, -0.25) is 0 Å². The molecular weight excluding hydrogens is 340 g/mol. The van der Waals surface area contributed by atoms with Crippen molar-refractivity contribution in [3.05, 3.63) is 12.7 Å². The van der Waals surface area contributed by atoms with Crippen LogP contribution >= 0.6 is 0 Å². The number of hydrogen-bond donors (Lipinski definition) is 9. The maximum Gasteiger partial charge on any atom is 0.327 e. The Hall–Kier alpha value is -1.11. The Morgan fingerprint density at radius 2 is 0.800 bits per heavy atom. The van der Waals surface area contributed by atoms with E-state index >= 15 is 0 Å². The monoisotopic (exact) mass is 376 g/mol. The number of rotatable bonds is 5. The van der Waals surface area contributed by atoms with Crippen LogP contribution in [0.2, 0.25) is 0 Å². The van der Waals surface area contributed by atoms with Crippen molar-refractivity contribution >= 4 is 5.97 Å². The number of carbonyl (C=O) groups is 1. The van der Waals surface area contributed by atoms with Gasteiger partial charge in [0.1, 0.15) is 0 Å². The van der Waals surface area contributed by atoms with E-state index in [-0.39, 0.29) is 26.4 Å². The quantitative estimate of drug-likeness (QED) is 0.235. The molecule has 9 N–H and O–H groups in total. The second-order valence-electron chi connectivity index (χ2n) is 4.67. The number of aliphatic hydroxyl groups is 8. The molecule has 0 aromatic heterocycles. The van der Waals surface area contributed by atoms with Gasteiger partial charge in [-0.25, -0.2) is 4.79 Å². The van der Waals surface area contributed by atoms with Crippen LogP contribution in [0.3, 0.4) is 0 Å². The Labute approximate surface area is 148 Å². The van der Waals surface area contributed by atoms with Crippen LogP contribution in [-0.4, -0.2) is 103 Å². The summed E-state index contributed by atoms with van der Waals surface area (Å²) in [6, 6.07) is 0. The molecule has 25 heavy (non-hydrogen) atoms. The third-order valence-electron chi connectivity index (χ3n) is 1.23. The highest BCUT2D eigenvalue weighted by Gasteiger charge is 1.84. The summed E-state index contributed by atoms with van der Waals surface area (Å²) in [5, 5.41) is 71.6. The minimum atomic E-state index is -0.981. The van der Waals surface area contributed by atoms with Gasteiger partial charge in [-0.15, -0.1) is 0 Å². The molecule has 0 fully saturated rings. The van der Waals surface area contributed by atoms with Gasteiger partial charge in [-0.1, -0.05) is 6.58 Å². The van der Waals surface area contributed by atoms with Gasteiger partial charge >= 0.3 is 5.97 Å². The van der Waals surface area contributed by atoms with Gasteiger partial charge in [0, 0.05) is 6.08 Å². The zero-order valence-corrected chi connectivity index (χ0v) is 15.4. The van der Waals surface area contributed by atoms with Crippen LogP contribution in [-0.2, 0) is 4.79 Å². The molecule has 0 aliphatic carbocycles. The third-order valence-corrected chi connectivity index (χ3v) is 1.23. The van der Waals surface area contributed by atoms with Crippen molar-refractivity contribution in [2.45, 2.75) is 52.1 Å². The van der Waals surface area contributed by atoms with Crippen LogP contribution in [0.1, 0.15) is 27.7 Å². The van der Waals surface area contributed by atoms with E-state index in [0.29, 0.717) is 0 Å². The molecule has 0 radical (unpaired) electrons. The summed E-state index contributed by atoms with van der Waals surface area (Å²) in [6.45, 7) is 8.52. The summed E-state index contributed by atoms with van der Waals surface area (Å²) >= 11 is 0. The number of hydrogen-bond acceptors (Lipinski definition) is 9. The van der Waals surface area contributed by atoms with E-state index in [1.807, 2.05) is 0 Å². The van der Waals surface area contributed by atoms with Crippen LogP contribution in [0, 0.1) is 0 Å². The first-order valence-electron chi connectivity index (χ1n) is 7.36. The molecule has 0 saturated carbocycles. The van der Waals surface area contributed by atoms with E-state index in [0.717, 1.165) is 6.08 Å². The van der Waals surface area contributed by atoms with Gasteiger partial charge in [-0.05, 0) is 27.7 Å². The fourth-order valence-corrected chi connectivity index (χ4v) is 0. The molecule has 10 nitrogen and oxygen atoms in total. The second kappa shape index (κ2) is 30.7. The highest BCUT2D eigenvalue weighted by atomic mass is 16.4. The Bertz CT molecular complexity index is 210. The molecule has 4 unspecified atom stereocenters. The van der Waals surface area contributed by atoms with Crippen LogP contribution in [0.25, 0.3) is 0 Å². The van der Waals surface area contributed by atoms with Crippen molar-refractivity contribution in [1.82, 2.24) is 0 Å². The third kappa shape index (κ3) is 126. The zero-order chi connectivity index (χ0) is 21.4. The molecule has 0 amide bonds. The maximum atomic E-state index is 9.25. The van der Waals surface area contributed by atoms with Crippen LogP contribution in [0.15, 0.2) is 12.7 Å². The average Bonchev–Trinajstić information content (AvgIpc) is 2.56. The number of aliphatic hydroxyl groups excluding tert-OH is 8. The lowest BCUT2D eigenvalue weighted by atomic mass is 10.5. The highest BCUT2D eigenvalue weighted by Crippen LogP contribution is 1.70. The number of carboxylic acid groups (broad SMARTS) is 1. The number of carboxylic acids is 1. The van der Waals surface area contributed by atoms with E-state index < -0.39 is 30.4 Å². The fraction of sp³-hybridized carbons (Fsp3) is 0.800. The Kier molecular flexibility index (Phi) is 43.1. The van der Waals surface area contributed by atoms with E-state index in [1.54, 1.807) is 0 Å². The van der Waals surface area contributed by atoms with Gasteiger partial charge in [0.25, 0.3) is 0 Å². The van der Waals surface area contributed by atoms with Crippen molar-refractivity contribution in [2.24, 2.45) is 0 Å².